The summed E-state index contributed by atoms with van der Waals surface area (Å²) in [5, 5.41) is 0.364. The van der Waals surface area contributed by atoms with Gasteiger partial charge in [-0.15, -0.1) is 0 Å². The van der Waals surface area contributed by atoms with Crippen LogP contribution in [0.15, 0.2) is 36.4 Å². The van der Waals surface area contributed by atoms with Crippen LogP contribution in [0.5, 0.6) is 0 Å². The molecule has 6 heteroatoms. The van der Waals surface area contributed by atoms with Gasteiger partial charge >= 0.3 is 0 Å². The normalized spacial score (nSPS) is 13.8. The first-order valence-electron chi connectivity index (χ1n) is 6.07. The van der Waals surface area contributed by atoms with E-state index in [2.05, 4.69) is 0 Å². The van der Waals surface area contributed by atoms with Crippen LogP contribution in [0.25, 0.3) is 0 Å². The maximum atomic E-state index is 13.2. The van der Waals surface area contributed by atoms with Crippen LogP contribution in [0.2, 0.25) is 10.0 Å². The maximum absolute atomic E-state index is 13.2. The summed E-state index contributed by atoms with van der Waals surface area (Å²) in [6, 6.07) is 8.87. The SMILES string of the molecule is O=C1C(=O)N(Cc2ccc(F)c(Cl)c2)c2ccc(Cl)cc21. The number of ketones is 1. The number of hydrogen-bond donors (Lipinski definition) is 0. The highest BCUT2D eigenvalue weighted by molar-refractivity contribution is 6.52. The first-order valence-corrected chi connectivity index (χ1v) is 6.82. The van der Waals surface area contributed by atoms with Crippen LogP contribution in [0.3, 0.4) is 0 Å². The summed E-state index contributed by atoms with van der Waals surface area (Å²) in [5.41, 5.74) is 1.40. The van der Waals surface area contributed by atoms with Gasteiger partial charge in [-0.05, 0) is 35.9 Å². The van der Waals surface area contributed by atoms with E-state index in [1.807, 2.05) is 0 Å². The van der Waals surface area contributed by atoms with Crippen LogP contribution in [-0.4, -0.2) is 11.7 Å². The van der Waals surface area contributed by atoms with Crippen molar-refractivity contribution in [1.82, 2.24) is 0 Å². The van der Waals surface area contributed by atoms with Gasteiger partial charge in [-0.3, -0.25) is 9.59 Å². The zero-order valence-electron chi connectivity index (χ0n) is 10.6. The second-order valence-corrected chi connectivity index (χ2v) is 5.47. The molecule has 0 unspecified atom stereocenters. The van der Waals surface area contributed by atoms with Gasteiger partial charge < -0.3 is 4.90 Å². The van der Waals surface area contributed by atoms with Gasteiger partial charge in [0.1, 0.15) is 5.82 Å². The first-order chi connectivity index (χ1) is 9.97. The van der Waals surface area contributed by atoms with Gasteiger partial charge in [0.05, 0.1) is 22.8 Å². The van der Waals surface area contributed by atoms with Crippen molar-refractivity contribution in [3.8, 4) is 0 Å². The third-order valence-electron chi connectivity index (χ3n) is 3.26. The molecule has 0 saturated heterocycles. The van der Waals surface area contributed by atoms with E-state index >= 15 is 0 Å². The molecular formula is C15H8Cl2FNO2. The zero-order valence-corrected chi connectivity index (χ0v) is 12.1. The Morgan fingerprint density at radius 1 is 1.05 bits per heavy atom. The highest BCUT2D eigenvalue weighted by atomic mass is 35.5. The van der Waals surface area contributed by atoms with Gasteiger partial charge in [0, 0.05) is 5.02 Å². The van der Waals surface area contributed by atoms with Crippen molar-refractivity contribution in [3.63, 3.8) is 0 Å². The second-order valence-electron chi connectivity index (χ2n) is 4.63. The lowest BCUT2D eigenvalue weighted by Gasteiger charge is -2.16. The molecule has 0 saturated carbocycles. The van der Waals surface area contributed by atoms with E-state index in [9.17, 15) is 14.0 Å². The molecule has 0 aromatic heterocycles. The molecule has 1 aliphatic heterocycles. The molecule has 0 bridgehead atoms. The Bertz CT molecular complexity index is 776. The van der Waals surface area contributed by atoms with Crippen molar-refractivity contribution in [2.45, 2.75) is 6.54 Å². The van der Waals surface area contributed by atoms with Gasteiger partial charge in [0.25, 0.3) is 11.7 Å². The standard InChI is InChI=1S/C15H8Cl2FNO2/c16-9-2-4-13-10(6-9)14(20)15(21)19(13)7-8-1-3-12(18)11(17)5-8/h1-6H,7H2. The molecule has 1 aliphatic rings. The number of Topliss-reactive ketones (excluding diaryl/α,β-unsaturated/α-hetero) is 1. The van der Waals surface area contributed by atoms with Gasteiger partial charge in [0.15, 0.2) is 0 Å². The number of hydrogen-bond acceptors (Lipinski definition) is 2. The fourth-order valence-electron chi connectivity index (χ4n) is 2.25. The number of carbonyl (C=O) groups is 2. The highest BCUT2D eigenvalue weighted by Gasteiger charge is 2.35. The zero-order chi connectivity index (χ0) is 15.1. The molecule has 0 aliphatic carbocycles. The van der Waals surface area contributed by atoms with E-state index in [0.717, 1.165) is 0 Å². The molecule has 2 aromatic carbocycles. The fraction of sp³-hybridized carbons (Fsp3) is 0.0667. The van der Waals surface area contributed by atoms with Crippen LogP contribution in [0.4, 0.5) is 10.1 Å². The monoisotopic (exact) mass is 323 g/mol. The number of anilines is 1. The van der Waals surface area contributed by atoms with E-state index in [1.54, 1.807) is 12.1 Å². The van der Waals surface area contributed by atoms with E-state index in [1.165, 1.54) is 29.2 Å². The molecule has 3 rings (SSSR count). The molecule has 0 radical (unpaired) electrons. The summed E-state index contributed by atoms with van der Waals surface area (Å²) in [6.07, 6.45) is 0. The minimum atomic E-state index is -0.632. The third-order valence-corrected chi connectivity index (χ3v) is 3.78. The molecule has 21 heavy (non-hydrogen) atoms. The van der Waals surface area contributed by atoms with Crippen LogP contribution < -0.4 is 4.90 Å². The molecule has 0 N–H and O–H groups in total. The van der Waals surface area contributed by atoms with Crippen LogP contribution in [0, 0.1) is 5.82 Å². The van der Waals surface area contributed by atoms with Gasteiger partial charge in [-0.25, -0.2) is 4.39 Å². The average molecular weight is 324 g/mol. The smallest absolute Gasteiger partial charge is 0.299 e. The predicted molar refractivity (Wildman–Crippen MR) is 78.4 cm³/mol. The lowest BCUT2D eigenvalue weighted by atomic mass is 10.1. The second kappa shape index (κ2) is 5.13. The van der Waals surface area contributed by atoms with E-state index < -0.39 is 17.5 Å². The summed E-state index contributed by atoms with van der Waals surface area (Å²) >= 11 is 11.6. The first kappa shape index (κ1) is 14.0. The fourth-order valence-corrected chi connectivity index (χ4v) is 2.63. The average Bonchev–Trinajstić information content (AvgIpc) is 2.68. The largest absolute Gasteiger partial charge is 0.300 e. The number of benzene rings is 2. The number of nitrogens with zero attached hydrogens (tertiary/aromatic N) is 1. The molecular weight excluding hydrogens is 316 g/mol. The Morgan fingerprint density at radius 3 is 2.52 bits per heavy atom. The van der Waals surface area contributed by atoms with Crippen molar-refractivity contribution in [3.05, 3.63) is 63.4 Å². The Labute approximate surface area is 129 Å². The van der Waals surface area contributed by atoms with Crippen molar-refractivity contribution in [2.75, 3.05) is 4.90 Å². The predicted octanol–water partition coefficient (Wildman–Crippen LogP) is 3.86. The molecule has 1 amide bonds. The van der Waals surface area contributed by atoms with E-state index in [4.69, 9.17) is 23.2 Å². The molecule has 0 atom stereocenters. The minimum absolute atomic E-state index is 0.0261. The third kappa shape index (κ3) is 2.41. The Balaban J connectivity index is 1.98. The van der Waals surface area contributed by atoms with Crippen molar-refractivity contribution >= 4 is 40.6 Å². The lowest BCUT2D eigenvalue weighted by Crippen LogP contribution is -2.29. The maximum Gasteiger partial charge on any atom is 0.299 e. The van der Waals surface area contributed by atoms with Gasteiger partial charge in [0.2, 0.25) is 0 Å². The van der Waals surface area contributed by atoms with Crippen molar-refractivity contribution in [1.29, 1.82) is 0 Å². The number of rotatable bonds is 2. The van der Waals surface area contributed by atoms with Crippen molar-refractivity contribution < 1.29 is 14.0 Å². The topological polar surface area (TPSA) is 37.4 Å². The van der Waals surface area contributed by atoms with E-state index in [-0.39, 0.29) is 17.1 Å². The number of amides is 1. The number of halogens is 3. The molecule has 0 fully saturated rings. The van der Waals surface area contributed by atoms with Crippen LogP contribution >= 0.6 is 23.2 Å². The van der Waals surface area contributed by atoms with Gasteiger partial charge in [-0.1, -0.05) is 29.3 Å². The summed E-state index contributed by atoms with van der Waals surface area (Å²) in [7, 11) is 0. The van der Waals surface area contributed by atoms with E-state index in [0.29, 0.717) is 16.3 Å². The summed E-state index contributed by atoms with van der Waals surface area (Å²) in [6.45, 7) is 0.138. The molecule has 106 valence electrons. The Hall–Kier alpha value is -1.91. The Kier molecular flexibility index (Phi) is 3.43. The minimum Gasteiger partial charge on any atom is -0.300 e. The summed E-state index contributed by atoms with van der Waals surface area (Å²) in [5.74, 6) is -1.76. The van der Waals surface area contributed by atoms with Crippen LogP contribution in [-0.2, 0) is 11.3 Å². The summed E-state index contributed by atoms with van der Waals surface area (Å²) < 4.78 is 13.2. The molecule has 1 heterocycles. The number of carbonyl (C=O) groups excluding carboxylic acids is 2. The van der Waals surface area contributed by atoms with Gasteiger partial charge in [-0.2, -0.15) is 0 Å². The van der Waals surface area contributed by atoms with Crippen LogP contribution in [0.1, 0.15) is 15.9 Å². The van der Waals surface area contributed by atoms with Crippen molar-refractivity contribution in [2.24, 2.45) is 0 Å². The summed E-state index contributed by atoms with van der Waals surface area (Å²) in [4.78, 5) is 25.3. The molecule has 2 aromatic rings. The Morgan fingerprint density at radius 2 is 1.81 bits per heavy atom. The lowest BCUT2D eigenvalue weighted by molar-refractivity contribution is -0.114. The quantitative estimate of drug-likeness (QED) is 0.787. The molecule has 0 spiro atoms. The molecule has 3 nitrogen and oxygen atoms in total. The number of fused-ring (bicyclic) bond motifs is 1. The highest BCUT2D eigenvalue weighted by Crippen LogP contribution is 2.32.